The fourth-order valence-corrected chi connectivity index (χ4v) is 8.33. The van der Waals surface area contributed by atoms with Gasteiger partial charge < -0.3 is 81.0 Å². The van der Waals surface area contributed by atoms with Crippen molar-refractivity contribution < 1.29 is 63.0 Å². The zero-order chi connectivity index (χ0) is 58.1. The van der Waals surface area contributed by atoms with Crippen molar-refractivity contribution in [2.24, 2.45) is 51.4 Å². The van der Waals surface area contributed by atoms with Gasteiger partial charge in [0.2, 0.25) is 59.1 Å². The molecule has 0 spiro atoms. The highest BCUT2D eigenvalue weighted by molar-refractivity contribution is 5.98. The Labute approximate surface area is 448 Å². The highest BCUT2D eigenvalue weighted by Gasteiger charge is 2.38. The van der Waals surface area contributed by atoms with Gasteiger partial charge in [-0.25, -0.2) is 4.79 Å². The van der Waals surface area contributed by atoms with Gasteiger partial charge in [0.15, 0.2) is 5.96 Å². The molecule has 8 atom stereocenters. The SMILES string of the molecule is CC(C)C[C@H](NC(=O)[C@H](CC(C)C)NC(=O)[C@@H](N)CC(C)C)C(=O)N[C@@H](CCC(N)=O)C(=O)N[C@@H](CCCN=C(N)N)C(=O)NCC(=O)N1CCC[C@H]1C(=O)N[C@@H](CCC(N)=O)C(=O)N[C@@H](Cc1ccc(O)cc1)C(=O)O. The van der Waals surface area contributed by atoms with Crippen LogP contribution >= 0.6 is 0 Å². The third kappa shape index (κ3) is 24.8. The molecule has 0 aliphatic carbocycles. The molecule has 19 N–H and O–H groups in total. The molecule has 1 heterocycles. The van der Waals surface area contributed by atoms with E-state index in [0.29, 0.717) is 18.4 Å². The molecule has 27 heteroatoms. The molecule has 0 unspecified atom stereocenters. The fourth-order valence-electron chi connectivity index (χ4n) is 8.33. The van der Waals surface area contributed by atoms with Crippen molar-refractivity contribution in [3.63, 3.8) is 0 Å². The number of carbonyl (C=O) groups is 11. The number of primary amides is 2. The zero-order valence-corrected chi connectivity index (χ0v) is 44.9. The number of phenolic OH excluding ortho intramolecular Hbond substituents is 1. The summed E-state index contributed by atoms with van der Waals surface area (Å²) in [6, 6.07) is -4.60. The van der Waals surface area contributed by atoms with Gasteiger partial charge in [-0.3, -0.25) is 52.9 Å². The van der Waals surface area contributed by atoms with E-state index in [4.69, 9.17) is 28.7 Å². The van der Waals surface area contributed by atoms with Crippen molar-refractivity contribution in [3.05, 3.63) is 29.8 Å². The summed E-state index contributed by atoms with van der Waals surface area (Å²) >= 11 is 0. The molecule has 77 heavy (non-hydrogen) atoms. The molecule has 1 aliphatic heterocycles. The van der Waals surface area contributed by atoms with Crippen LogP contribution in [0.25, 0.3) is 0 Å². The minimum absolute atomic E-state index is 0.0136. The number of aliphatic imine (C=N–C) groups is 1. The van der Waals surface area contributed by atoms with E-state index in [1.165, 1.54) is 29.2 Å². The third-order valence-corrected chi connectivity index (χ3v) is 12.2. The van der Waals surface area contributed by atoms with E-state index in [1.807, 2.05) is 27.7 Å². The number of amides is 10. The number of carboxylic acid groups (broad SMARTS) is 1. The number of carboxylic acids is 1. The lowest BCUT2D eigenvalue weighted by molar-refractivity contribution is -0.143. The topological polar surface area (TPSA) is 458 Å². The van der Waals surface area contributed by atoms with Crippen LogP contribution in [0.5, 0.6) is 5.75 Å². The van der Waals surface area contributed by atoms with E-state index in [1.54, 1.807) is 13.8 Å². The number of likely N-dealkylation sites (tertiary alicyclic amines) is 1. The van der Waals surface area contributed by atoms with E-state index in [2.05, 4.69) is 42.2 Å². The van der Waals surface area contributed by atoms with Gasteiger partial charge in [0.05, 0.1) is 12.6 Å². The van der Waals surface area contributed by atoms with E-state index < -0.39 is 120 Å². The normalized spacial score (nSPS) is 15.9. The molecule has 1 aromatic rings. The van der Waals surface area contributed by atoms with Gasteiger partial charge in [-0.05, 0) is 93.2 Å². The number of hydrogen-bond acceptors (Lipinski definition) is 14. The van der Waals surface area contributed by atoms with E-state index in [0.717, 1.165) is 0 Å². The first-order valence-electron chi connectivity index (χ1n) is 25.9. The highest BCUT2D eigenvalue weighted by Crippen LogP contribution is 2.19. The maximum atomic E-state index is 14.1. The van der Waals surface area contributed by atoms with Crippen molar-refractivity contribution in [2.75, 3.05) is 19.6 Å². The van der Waals surface area contributed by atoms with Crippen LogP contribution in [-0.2, 0) is 59.2 Å². The maximum absolute atomic E-state index is 14.1. The fraction of sp³-hybridized carbons (Fsp3) is 0.640. The first kappa shape index (κ1) is 65.5. The predicted molar refractivity (Wildman–Crippen MR) is 282 cm³/mol. The lowest BCUT2D eigenvalue weighted by Gasteiger charge is -2.28. The summed E-state index contributed by atoms with van der Waals surface area (Å²) in [6.07, 6.45) is -0.493. The largest absolute Gasteiger partial charge is 0.508 e. The molecule has 0 bridgehead atoms. The zero-order valence-electron chi connectivity index (χ0n) is 44.9. The second-order valence-electron chi connectivity index (χ2n) is 20.5. The summed E-state index contributed by atoms with van der Waals surface area (Å²) in [6.45, 7) is 10.5. The number of aliphatic carboxylic acids is 1. The monoisotopic (exact) mass is 1090 g/mol. The average molecular weight is 1090 g/mol. The predicted octanol–water partition coefficient (Wildman–Crippen LogP) is -2.91. The van der Waals surface area contributed by atoms with Crippen molar-refractivity contribution in [2.45, 2.75) is 167 Å². The number of guanidine groups is 1. The van der Waals surface area contributed by atoms with Crippen molar-refractivity contribution >= 4 is 71.0 Å². The average Bonchev–Trinajstić information content (AvgIpc) is 3.84. The van der Waals surface area contributed by atoms with Crippen LogP contribution < -0.4 is 65.9 Å². The number of aromatic hydroxyl groups is 1. The molecule has 1 aliphatic rings. The Morgan fingerprint density at radius 1 is 0.610 bits per heavy atom. The minimum Gasteiger partial charge on any atom is -0.508 e. The molecule has 430 valence electrons. The van der Waals surface area contributed by atoms with Crippen LogP contribution in [0, 0.1) is 17.8 Å². The molecule has 27 nitrogen and oxygen atoms in total. The van der Waals surface area contributed by atoms with E-state index >= 15 is 0 Å². The second-order valence-corrected chi connectivity index (χ2v) is 20.5. The van der Waals surface area contributed by atoms with Gasteiger partial charge in [0.25, 0.3) is 0 Å². The van der Waals surface area contributed by atoms with Crippen LogP contribution in [-0.4, -0.2) is 154 Å². The Bertz CT molecular complexity index is 2240. The molecule has 1 saturated heterocycles. The Balaban J connectivity index is 2.31. The number of carbonyl (C=O) groups excluding carboxylic acids is 10. The Kier molecular flexibility index (Phi) is 27.9. The molecule has 10 amide bonds. The van der Waals surface area contributed by atoms with Crippen LogP contribution in [0.2, 0.25) is 0 Å². The molecule has 0 saturated carbocycles. The van der Waals surface area contributed by atoms with Crippen LogP contribution in [0.4, 0.5) is 0 Å². The smallest absolute Gasteiger partial charge is 0.326 e. The van der Waals surface area contributed by atoms with Crippen LogP contribution in [0.1, 0.15) is 118 Å². The summed E-state index contributed by atoms with van der Waals surface area (Å²) in [4.78, 5) is 151. The molecule has 0 aromatic heterocycles. The standard InChI is InChI=1S/C50H82N14O13/c1-26(2)21-31(51)42(69)61-35(22-27(3)4)47(74)62-36(23-28(5)6)46(73)59-33(15-17-39(52)66)44(71)58-32(9-7-19-56-50(54)55)43(70)57-25-41(68)64-20-8-10-38(64)48(75)60-34(16-18-40(53)67)45(72)63-37(49(76)77)24-29-11-13-30(65)14-12-29/h11-14,26-28,31-38,65H,7-10,15-25,51H2,1-6H3,(H2,52,66)(H2,53,67)(H,57,70)(H,58,71)(H,59,73)(H,60,75)(H,61,69)(H,62,74)(H,63,72)(H,76,77)(H4,54,55,56)/t31-,32-,33-,34-,35-,36-,37-,38-/m0/s1. The Hall–Kier alpha value is -7.58. The Morgan fingerprint density at radius 2 is 1.06 bits per heavy atom. The van der Waals surface area contributed by atoms with Crippen molar-refractivity contribution in [1.29, 1.82) is 0 Å². The van der Waals surface area contributed by atoms with Crippen LogP contribution in [0.3, 0.4) is 0 Å². The molecule has 1 aromatic carbocycles. The maximum Gasteiger partial charge on any atom is 0.326 e. The first-order valence-corrected chi connectivity index (χ1v) is 25.9. The van der Waals surface area contributed by atoms with E-state index in [-0.39, 0.29) is 107 Å². The van der Waals surface area contributed by atoms with Gasteiger partial charge in [0.1, 0.15) is 48.0 Å². The number of nitrogens with zero attached hydrogens (tertiary/aromatic N) is 2. The molecule has 0 radical (unpaired) electrons. The molecule has 2 rings (SSSR count). The summed E-state index contributed by atoms with van der Waals surface area (Å²) in [7, 11) is 0. The van der Waals surface area contributed by atoms with Gasteiger partial charge in [-0.15, -0.1) is 0 Å². The summed E-state index contributed by atoms with van der Waals surface area (Å²) < 4.78 is 0. The number of benzene rings is 1. The lowest BCUT2D eigenvalue weighted by Crippen LogP contribution is -2.59. The summed E-state index contributed by atoms with van der Waals surface area (Å²) in [5.74, 6) is -9.81. The number of phenols is 1. The van der Waals surface area contributed by atoms with Gasteiger partial charge in [0, 0.05) is 32.4 Å². The molecular weight excluding hydrogens is 1000 g/mol. The first-order chi connectivity index (χ1) is 36.1. The third-order valence-electron chi connectivity index (χ3n) is 12.2. The minimum atomic E-state index is -1.50. The molecular formula is C50H82N14O13. The second kappa shape index (κ2) is 32.8. The van der Waals surface area contributed by atoms with Crippen LogP contribution in [0.15, 0.2) is 29.3 Å². The van der Waals surface area contributed by atoms with Crippen molar-refractivity contribution in [1.82, 2.24) is 42.1 Å². The van der Waals surface area contributed by atoms with Crippen molar-refractivity contribution in [3.8, 4) is 5.75 Å². The summed E-state index contributed by atoms with van der Waals surface area (Å²) in [5, 5.41) is 37.4. The highest BCUT2D eigenvalue weighted by atomic mass is 16.4. The number of rotatable bonds is 34. The lowest BCUT2D eigenvalue weighted by atomic mass is 9.98. The number of nitrogens with two attached hydrogens (primary N) is 5. The quantitative estimate of drug-likeness (QED) is 0.0187. The number of nitrogens with one attached hydrogen (secondary N) is 7. The number of hydrogen-bond donors (Lipinski definition) is 14. The van der Waals surface area contributed by atoms with Gasteiger partial charge >= 0.3 is 5.97 Å². The van der Waals surface area contributed by atoms with Gasteiger partial charge in [-0.2, -0.15) is 0 Å². The van der Waals surface area contributed by atoms with E-state index in [9.17, 15) is 63.0 Å². The Morgan fingerprint density at radius 3 is 1.55 bits per heavy atom. The van der Waals surface area contributed by atoms with Gasteiger partial charge in [-0.1, -0.05) is 53.7 Å². The molecule has 1 fully saturated rings. The summed E-state index contributed by atoms with van der Waals surface area (Å²) in [5.41, 5.74) is 28.3.